The Bertz CT molecular complexity index is 1080. The van der Waals surface area contributed by atoms with Crippen LogP contribution in [0.3, 0.4) is 0 Å². The lowest BCUT2D eigenvalue weighted by Gasteiger charge is -2.17. The first kappa shape index (κ1) is 24.1. The number of aromatic nitrogens is 3. The number of anilines is 1. The van der Waals surface area contributed by atoms with Crippen molar-refractivity contribution in [2.24, 2.45) is 0 Å². The molecule has 5 nitrogen and oxygen atoms in total. The fraction of sp³-hybridized carbons (Fsp3) is 0.320. The Hall–Kier alpha value is -2.51. The zero-order valence-electron chi connectivity index (χ0n) is 19.1. The SMILES string of the molecule is C=CCn1c(CSc2ccc(C)cc2)nnc1SC(CC)C(=O)Nc1cccc(C)c1C. The molecule has 0 saturated heterocycles. The second kappa shape index (κ2) is 11.4. The van der Waals surface area contributed by atoms with Crippen molar-refractivity contribution in [1.82, 2.24) is 14.8 Å². The number of carbonyl (C=O) groups is 1. The first-order valence-electron chi connectivity index (χ1n) is 10.7. The van der Waals surface area contributed by atoms with E-state index in [-0.39, 0.29) is 11.2 Å². The van der Waals surface area contributed by atoms with Crippen molar-refractivity contribution in [3.05, 3.63) is 77.6 Å². The van der Waals surface area contributed by atoms with Crippen LogP contribution in [0.1, 0.15) is 35.9 Å². The number of allylic oxidation sites excluding steroid dienone is 1. The third-order valence-corrected chi connectivity index (χ3v) is 7.62. The largest absolute Gasteiger partial charge is 0.325 e. The smallest absolute Gasteiger partial charge is 0.237 e. The molecule has 0 aliphatic rings. The van der Waals surface area contributed by atoms with E-state index in [1.165, 1.54) is 22.2 Å². The number of aryl methyl sites for hydroxylation is 2. The molecule has 3 aromatic rings. The van der Waals surface area contributed by atoms with Gasteiger partial charge in [-0.25, -0.2) is 0 Å². The van der Waals surface area contributed by atoms with E-state index in [2.05, 4.69) is 53.3 Å². The third-order valence-electron chi connectivity index (χ3n) is 5.27. The van der Waals surface area contributed by atoms with Crippen molar-refractivity contribution in [2.75, 3.05) is 5.32 Å². The Morgan fingerprint density at radius 2 is 1.91 bits per heavy atom. The summed E-state index contributed by atoms with van der Waals surface area (Å²) in [5, 5.41) is 12.4. The molecule has 1 atom stereocenters. The minimum Gasteiger partial charge on any atom is -0.325 e. The molecule has 0 saturated carbocycles. The summed E-state index contributed by atoms with van der Waals surface area (Å²) in [5.74, 6) is 1.56. The van der Waals surface area contributed by atoms with Crippen LogP contribution in [0.15, 0.2) is 65.2 Å². The lowest BCUT2D eigenvalue weighted by molar-refractivity contribution is -0.115. The van der Waals surface area contributed by atoms with Crippen LogP contribution in [0.2, 0.25) is 0 Å². The van der Waals surface area contributed by atoms with Crippen LogP contribution >= 0.6 is 23.5 Å². The van der Waals surface area contributed by atoms with E-state index >= 15 is 0 Å². The van der Waals surface area contributed by atoms with E-state index in [9.17, 15) is 4.79 Å². The first-order valence-corrected chi connectivity index (χ1v) is 12.6. The Kier molecular flexibility index (Phi) is 8.59. The molecule has 1 amide bonds. The summed E-state index contributed by atoms with van der Waals surface area (Å²) in [5.41, 5.74) is 4.35. The van der Waals surface area contributed by atoms with Gasteiger partial charge in [-0.05, 0) is 56.5 Å². The summed E-state index contributed by atoms with van der Waals surface area (Å²) >= 11 is 3.18. The molecule has 168 valence electrons. The highest BCUT2D eigenvalue weighted by atomic mass is 32.2. The van der Waals surface area contributed by atoms with Crippen LogP contribution in [0, 0.1) is 20.8 Å². The average Bonchev–Trinajstić information content (AvgIpc) is 3.16. The number of hydrogen-bond donors (Lipinski definition) is 1. The van der Waals surface area contributed by atoms with E-state index in [0.717, 1.165) is 27.8 Å². The molecule has 0 radical (unpaired) electrons. The van der Waals surface area contributed by atoms with Crippen LogP contribution in [0.5, 0.6) is 0 Å². The molecule has 0 bridgehead atoms. The second-order valence-electron chi connectivity index (χ2n) is 7.65. The average molecular weight is 467 g/mol. The summed E-state index contributed by atoms with van der Waals surface area (Å²) in [6, 6.07) is 14.4. The van der Waals surface area contributed by atoms with Crippen molar-refractivity contribution >= 4 is 35.1 Å². The standard InChI is InChI=1S/C25H30N4OS2/c1-6-15-29-23(16-31-20-13-11-17(3)12-14-20)27-28-25(29)32-22(7-2)24(30)26-21-10-8-9-18(4)19(21)5/h6,8-14,22H,1,7,15-16H2,2-5H3,(H,26,30). The molecule has 0 aliphatic carbocycles. The van der Waals surface area contributed by atoms with Crippen LogP contribution in [0.25, 0.3) is 0 Å². The van der Waals surface area contributed by atoms with Gasteiger partial charge in [0.05, 0.1) is 11.0 Å². The molecule has 0 spiro atoms. The third kappa shape index (κ3) is 6.04. The maximum absolute atomic E-state index is 13.0. The number of rotatable bonds is 10. The lowest BCUT2D eigenvalue weighted by atomic mass is 10.1. The maximum atomic E-state index is 13.0. The Labute approximate surface area is 199 Å². The summed E-state index contributed by atoms with van der Waals surface area (Å²) in [4.78, 5) is 14.2. The monoisotopic (exact) mass is 466 g/mol. The van der Waals surface area contributed by atoms with Gasteiger partial charge in [0.15, 0.2) is 5.16 Å². The van der Waals surface area contributed by atoms with Crippen LogP contribution in [-0.4, -0.2) is 25.9 Å². The van der Waals surface area contributed by atoms with Gasteiger partial charge in [0.25, 0.3) is 0 Å². The number of carbonyl (C=O) groups excluding carboxylic acids is 1. The topological polar surface area (TPSA) is 59.8 Å². The molecule has 0 fully saturated rings. The van der Waals surface area contributed by atoms with Gasteiger partial charge in [-0.1, -0.05) is 54.6 Å². The zero-order valence-corrected chi connectivity index (χ0v) is 20.7. The highest BCUT2D eigenvalue weighted by Crippen LogP contribution is 2.29. The molecule has 2 aromatic carbocycles. The van der Waals surface area contributed by atoms with E-state index < -0.39 is 0 Å². The van der Waals surface area contributed by atoms with E-state index in [1.807, 2.05) is 49.6 Å². The van der Waals surface area contributed by atoms with Crippen LogP contribution in [0.4, 0.5) is 5.69 Å². The predicted octanol–water partition coefficient (Wildman–Crippen LogP) is 6.19. The van der Waals surface area contributed by atoms with Gasteiger partial charge in [0.1, 0.15) is 5.82 Å². The highest BCUT2D eigenvalue weighted by molar-refractivity contribution is 8.00. The molecular weight excluding hydrogens is 436 g/mol. The van der Waals surface area contributed by atoms with Crippen molar-refractivity contribution < 1.29 is 4.79 Å². The molecule has 7 heteroatoms. The minimum absolute atomic E-state index is 0.0186. The summed E-state index contributed by atoms with van der Waals surface area (Å²) in [7, 11) is 0. The van der Waals surface area contributed by atoms with Crippen LogP contribution in [-0.2, 0) is 17.1 Å². The van der Waals surface area contributed by atoms with Crippen molar-refractivity contribution in [3.63, 3.8) is 0 Å². The highest BCUT2D eigenvalue weighted by Gasteiger charge is 2.23. The number of nitrogens with one attached hydrogen (secondary N) is 1. The minimum atomic E-state index is -0.264. The zero-order chi connectivity index (χ0) is 23.1. The van der Waals surface area contributed by atoms with Crippen molar-refractivity contribution in [2.45, 2.75) is 61.7 Å². The van der Waals surface area contributed by atoms with E-state index in [0.29, 0.717) is 18.7 Å². The number of nitrogens with zero attached hydrogens (tertiary/aromatic N) is 3. The van der Waals surface area contributed by atoms with E-state index in [1.54, 1.807) is 11.8 Å². The van der Waals surface area contributed by atoms with Gasteiger partial charge < -0.3 is 9.88 Å². The fourth-order valence-corrected chi connectivity index (χ4v) is 4.98. The normalized spacial score (nSPS) is 11.9. The summed E-state index contributed by atoms with van der Waals surface area (Å²) in [6.45, 7) is 12.7. The van der Waals surface area contributed by atoms with Crippen LogP contribution < -0.4 is 5.32 Å². The van der Waals surface area contributed by atoms with Gasteiger partial charge in [-0.2, -0.15) is 0 Å². The Morgan fingerprint density at radius 3 is 2.59 bits per heavy atom. The van der Waals surface area contributed by atoms with Gasteiger partial charge >= 0.3 is 0 Å². The Morgan fingerprint density at radius 1 is 1.16 bits per heavy atom. The molecular formula is C25H30N4OS2. The van der Waals surface area contributed by atoms with Gasteiger partial charge in [0, 0.05) is 17.1 Å². The summed E-state index contributed by atoms with van der Waals surface area (Å²) < 4.78 is 2.05. The van der Waals surface area contributed by atoms with Gasteiger partial charge in [0.2, 0.25) is 5.91 Å². The molecule has 3 rings (SSSR count). The molecule has 0 aliphatic heterocycles. The van der Waals surface area contributed by atoms with Gasteiger partial charge in [-0.3, -0.25) is 4.79 Å². The van der Waals surface area contributed by atoms with Gasteiger partial charge in [-0.15, -0.1) is 28.5 Å². The maximum Gasteiger partial charge on any atom is 0.237 e. The second-order valence-corrected chi connectivity index (χ2v) is 9.87. The Balaban J connectivity index is 1.72. The summed E-state index contributed by atoms with van der Waals surface area (Å²) in [6.07, 6.45) is 2.53. The molecule has 1 aromatic heterocycles. The first-order chi connectivity index (χ1) is 15.4. The van der Waals surface area contributed by atoms with E-state index in [4.69, 9.17) is 0 Å². The fourth-order valence-electron chi connectivity index (χ4n) is 3.16. The molecule has 1 N–H and O–H groups in total. The number of amides is 1. The molecule has 1 heterocycles. The van der Waals surface area contributed by atoms with Crippen molar-refractivity contribution in [1.29, 1.82) is 0 Å². The quantitative estimate of drug-likeness (QED) is 0.285. The number of benzene rings is 2. The molecule has 32 heavy (non-hydrogen) atoms. The lowest BCUT2D eigenvalue weighted by Crippen LogP contribution is -2.25. The number of thioether (sulfide) groups is 2. The molecule has 1 unspecified atom stereocenters. The number of hydrogen-bond acceptors (Lipinski definition) is 5. The van der Waals surface area contributed by atoms with Crippen molar-refractivity contribution in [3.8, 4) is 0 Å². The predicted molar refractivity (Wildman–Crippen MR) is 135 cm³/mol.